The first-order valence-electron chi connectivity index (χ1n) is 7.50. The molecule has 0 aromatic heterocycles. The average molecular weight is 322 g/mol. The number of nitro groups is 1. The van der Waals surface area contributed by atoms with Crippen LogP contribution in [-0.4, -0.2) is 28.8 Å². The highest BCUT2D eigenvalue weighted by atomic mass is 16.6. The van der Waals surface area contributed by atoms with E-state index in [1.54, 1.807) is 39.8 Å². The first kappa shape index (κ1) is 17.1. The summed E-state index contributed by atoms with van der Waals surface area (Å²) in [6.45, 7) is 7.31. The summed E-state index contributed by atoms with van der Waals surface area (Å²) in [6.07, 6.45) is 1.11. The molecule has 1 saturated carbocycles. The Morgan fingerprint density at radius 1 is 1.39 bits per heavy atom. The summed E-state index contributed by atoms with van der Waals surface area (Å²) in [7, 11) is 0. The molecule has 0 aliphatic heterocycles. The third-order valence-corrected chi connectivity index (χ3v) is 3.58. The van der Waals surface area contributed by atoms with Gasteiger partial charge >= 0.3 is 6.09 Å². The summed E-state index contributed by atoms with van der Waals surface area (Å²) >= 11 is 0. The molecule has 126 valence electrons. The maximum absolute atomic E-state index is 11.9. The summed E-state index contributed by atoms with van der Waals surface area (Å²) in [6, 6.07) is 4.71. The normalized spacial score (nSPS) is 15.7. The number of carbonyl (C=O) groups is 1. The lowest BCUT2D eigenvalue weighted by atomic mass is 10.2. The van der Waals surface area contributed by atoms with E-state index in [0.717, 1.165) is 12.8 Å². The average Bonchev–Trinajstić information content (AvgIpc) is 3.14. The second-order valence-electron chi connectivity index (χ2n) is 6.85. The fourth-order valence-electron chi connectivity index (χ4n) is 2.15. The van der Waals surface area contributed by atoms with Crippen LogP contribution in [0.3, 0.4) is 0 Å². The molecular formula is C16H22N2O5. The number of benzene rings is 1. The van der Waals surface area contributed by atoms with Gasteiger partial charge < -0.3 is 14.8 Å². The van der Waals surface area contributed by atoms with Crippen molar-refractivity contribution in [3.8, 4) is 5.75 Å². The molecule has 7 nitrogen and oxygen atoms in total. The van der Waals surface area contributed by atoms with Crippen molar-refractivity contribution in [3.05, 3.63) is 33.9 Å². The maximum atomic E-state index is 11.9. The number of amides is 1. The third kappa shape index (κ3) is 4.58. The number of hydrogen-bond donors (Lipinski definition) is 1. The van der Waals surface area contributed by atoms with Crippen LogP contribution < -0.4 is 10.1 Å². The summed E-state index contributed by atoms with van der Waals surface area (Å²) in [5.74, 6) is 0.455. The van der Waals surface area contributed by atoms with Gasteiger partial charge in [-0.2, -0.15) is 0 Å². The second kappa shape index (κ2) is 6.06. The minimum absolute atomic E-state index is 0.0208. The summed E-state index contributed by atoms with van der Waals surface area (Å²) in [5, 5.41) is 13.8. The van der Waals surface area contributed by atoms with E-state index in [1.165, 1.54) is 6.07 Å². The van der Waals surface area contributed by atoms with Crippen molar-refractivity contribution in [2.45, 2.75) is 51.7 Å². The summed E-state index contributed by atoms with van der Waals surface area (Å²) in [5.41, 5.74) is -0.505. The molecule has 1 fully saturated rings. The quantitative estimate of drug-likeness (QED) is 0.663. The summed E-state index contributed by atoms with van der Waals surface area (Å²) < 4.78 is 11.0. The first-order chi connectivity index (χ1) is 10.6. The molecule has 0 radical (unpaired) electrons. The zero-order valence-corrected chi connectivity index (χ0v) is 13.8. The number of ether oxygens (including phenoxy) is 2. The standard InChI is InChI=1S/C16H22N2O5/c1-11-12(18(20)21)6-5-7-13(11)22-10-16(8-9-16)17-14(19)23-15(2,3)4/h5-7H,8-10H2,1-4H3,(H,17,19). The van der Waals surface area contributed by atoms with E-state index in [9.17, 15) is 14.9 Å². The Hall–Kier alpha value is -2.31. The van der Waals surface area contributed by atoms with Gasteiger partial charge in [-0.25, -0.2) is 4.79 Å². The van der Waals surface area contributed by atoms with E-state index >= 15 is 0 Å². The molecular weight excluding hydrogens is 300 g/mol. The third-order valence-electron chi connectivity index (χ3n) is 3.58. The van der Waals surface area contributed by atoms with Crippen LogP contribution in [0.25, 0.3) is 0 Å². The van der Waals surface area contributed by atoms with Crippen molar-refractivity contribution in [1.29, 1.82) is 0 Å². The Morgan fingerprint density at radius 2 is 2.04 bits per heavy atom. The summed E-state index contributed by atoms with van der Waals surface area (Å²) in [4.78, 5) is 22.4. The molecule has 0 heterocycles. The zero-order chi connectivity index (χ0) is 17.3. The van der Waals surface area contributed by atoms with Crippen LogP contribution in [-0.2, 0) is 4.74 Å². The fraction of sp³-hybridized carbons (Fsp3) is 0.562. The van der Waals surface area contributed by atoms with E-state index < -0.39 is 22.2 Å². The van der Waals surface area contributed by atoms with Crippen molar-refractivity contribution in [3.63, 3.8) is 0 Å². The van der Waals surface area contributed by atoms with Gasteiger partial charge in [0.1, 0.15) is 18.0 Å². The maximum Gasteiger partial charge on any atom is 0.408 e. The molecule has 7 heteroatoms. The number of hydrogen-bond acceptors (Lipinski definition) is 5. The van der Waals surface area contributed by atoms with Crippen LogP contribution in [0.4, 0.5) is 10.5 Å². The molecule has 1 N–H and O–H groups in total. The van der Waals surface area contributed by atoms with Gasteiger partial charge in [-0.1, -0.05) is 6.07 Å². The predicted octanol–water partition coefficient (Wildman–Crippen LogP) is 3.34. The Labute approximate surface area is 135 Å². The topological polar surface area (TPSA) is 90.7 Å². The fourth-order valence-corrected chi connectivity index (χ4v) is 2.15. The largest absolute Gasteiger partial charge is 0.491 e. The minimum Gasteiger partial charge on any atom is -0.491 e. The van der Waals surface area contributed by atoms with Crippen LogP contribution in [0.5, 0.6) is 5.75 Å². The second-order valence-corrected chi connectivity index (χ2v) is 6.85. The van der Waals surface area contributed by atoms with Gasteiger partial charge in [0.2, 0.25) is 0 Å². The van der Waals surface area contributed by atoms with Gasteiger partial charge in [-0.05, 0) is 46.6 Å². The zero-order valence-electron chi connectivity index (χ0n) is 13.8. The lowest BCUT2D eigenvalue weighted by Crippen LogP contribution is -2.44. The van der Waals surface area contributed by atoms with Crippen LogP contribution in [0.1, 0.15) is 39.2 Å². The van der Waals surface area contributed by atoms with Gasteiger partial charge in [0.15, 0.2) is 0 Å². The van der Waals surface area contributed by atoms with Gasteiger partial charge in [-0.15, -0.1) is 0 Å². The van der Waals surface area contributed by atoms with E-state index in [1.807, 2.05) is 0 Å². The Bertz CT molecular complexity index is 617. The molecule has 1 amide bonds. The number of rotatable bonds is 5. The van der Waals surface area contributed by atoms with Crippen LogP contribution in [0.2, 0.25) is 0 Å². The molecule has 1 aromatic carbocycles. The van der Waals surface area contributed by atoms with E-state index in [0.29, 0.717) is 11.3 Å². The number of nitro benzene ring substituents is 1. The van der Waals surface area contributed by atoms with E-state index in [-0.39, 0.29) is 12.3 Å². The predicted molar refractivity (Wildman–Crippen MR) is 84.7 cm³/mol. The molecule has 1 aliphatic rings. The Morgan fingerprint density at radius 3 is 2.57 bits per heavy atom. The minimum atomic E-state index is -0.558. The first-order valence-corrected chi connectivity index (χ1v) is 7.50. The van der Waals surface area contributed by atoms with Crippen molar-refractivity contribution >= 4 is 11.8 Å². The van der Waals surface area contributed by atoms with Crippen molar-refractivity contribution in [1.82, 2.24) is 5.32 Å². The molecule has 0 bridgehead atoms. The Kier molecular flexibility index (Phi) is 4.49. The smallest absolute Gasteiger partial charge is 0.408 e. The number of alkyl carbamates (subject to hydrolysis) is 1. The monoisotopic (exact) mass is 322 g/mol. The van der Waals surface area contributed by atoms with Gasteiger partial charge in [0.05, 0.1) is 16.0 Å². The highest BCUT2D eigenvalue weighted by molar-refractivity contribution is 5.69. The molecule has 1 aromatic rings. The van der Waals surface area contributed by atoms with Crippen molar-refractivity contribution in [2.75, 3.05) is 6.61 Å². The Balaban J connectivity index is 1.97. The van der Waals surface area contributed by atoms with Crippen LogP contribution in [0.15, 0.2) is 18.2 Å². The number of nitrogens with one attached hydrogen (secondary N) is 1. The SMILES string of the molecule is Cc1c(OCC2(NC(=O)OC(C)(C)C)CC2)cccc1[N+](=O)[O-]. The molecule has 0 spiro atoms. The molecule has 0 atom stereocenters. The highest BCUT2D eigenvalue weighted by Crippen LogP contribution is 2.37. The van der Waals surface area contributed by atoms with Gasteiger partial charge in [-0.3, -0.25) is 10.1 Å². The van der Waals surface area contributed by atoms with Crippen molar-refractivity contribution in [2.24, 2.45) is 0 Å². The highest BCUT2D eigenvalue weighted by Gasteiger charge is 2.46. The van der Waals surface area contributed by atoms with E-state index in [4.69, 9.17) is 9.47 Å². The van der Waals surface area contributed by atoms with Crippen LogP contribution >= 0.6 is 0 Å². The van der Waals surface area contributed by atoms with Crippen molar-refractivity contribution < 1.29 is 19.2 Å². The molecule has 23 heavy (non-hydrogen) atoms. The molecule has 0 saturated heterocycles. The number of carbonyl (C=O) groups excluding carboxylic acids is 1. The molecule has 1 aliphatic carbocycles. The molecule has 2 rings (SSSR count). The lowest BCUT2D eigenvalue weighted by molar-refractivity contribution is -0.385. The van der Waals surface area contributed by atoms with Crippen LogP contribution in [0, 0.1) is 17.0 Å². The van der Waals surface area contributed by atoms with Gasteiger partial charge in [0, 0.05) is 6.07 Å². The van der Waals surface area contributed by atoms with E-state index in [2.05, 4.69) is 5.32 Å². The molecule has 0 unspecified atom stereocenters. The number of nitrogens with zero attached hydrogens (tertiary/aromatic N) is 1. The van der Waals surface area contributed by atoms with Gasteiger partial charge in [0.25, 0.3) is 5.69 Å². The lowest BCUT2D eigenvalue weighted by Gasteiger charge is -2.23.